The topological polar surface area (TPSA) is 42.7 Å². The first-order valence-corrected chi connectivity index (χ1v) is 6.73. The SMILES string of the molecule is C=CCN(Cc1ccccc1OC)C(=O)c1ccoc1C. The van der Waals surface area contributed by atoms with E-state index >= 15 is 0 Å². The van der Waals surface area contributed by atoms with Crippen LogP contribution in [0.5, 0.6) is 5.75 Å². The van der Waals surface area contributed by atoms with Gasteiger partial charge in [-0.2, -0.15) is 0 Å². The fraction of sp³-hybridized carbons (Fsp3) is 0.235. The zero-order valence-electron chi connectivity index (χ0n) is 12.3. The fourth-order valence-electron chi connectivity index (χ4n) is 2.19. The Kier molecular flexibility index (Phi) is 4.82. The number of amides is 1. The Bertz CT molecular complexity index is 630. The van der Waals surface area contributed by atoms with E-state index in [1.165, 1.54) is 6.26 Å². The minimum absolute atomic E-state index is 0.0768. The van der Waals surface area contributed by atoms with Crippen molar-refractivity contribution >= 4 is 5.91 Å². The maximum atomic E-state index is 12.6. The van der Waals surface area contributed by atoms with Crippen LogP contribution in [-0.2, 0) is 6.54 Å². The molecule has 1 heterocycles. The molecule has 0 aliphatic carbocycles. The van der Waals surface area contributed by atoms with Gasteiger partial charge in [0.25, 0.3) is 5.91 Å². The standard InChI is InChI=1S/C17H19NO3/c1-4-10-18(17(19)15-9-11-21-13(15)2)12-14-7-5-6-8-16(14)20-3/h4-9,11H,1,10,12H2,2-3H3. The summed E-state index contributed by atoms with van der Waals surface area (Å²) in [4.78, 5) is 14.3. The molecule has 0 N–H and O–H groups in total. The van der Waals surface area contributed by atoms with E-state index in [2.05, 4.69) is 6.58 Å². The van der Waals surface area contributed by atoms with Crippen molar-refractivity contribution in [3.05, 3.63) is 66.1 Å². The predicted molar refractivity (Wildman–Crippen MR) is 81.4 cm³/mol. The summed E-state index contributed by atoms with van der Waals surface area (Å²) in [6.07, 6.45) is 3.24. The van der Waals surface area contributed by atoms with Gasteiger partial charge in [0.15, 0.2) is 0 Å². The van der Waals surface area contributed by atoms with E-state index in [0.29, 0.717) is 24.4 Å². The van der Waals surface area contributed by atoms with Crippen LogP contribution < -0.4 is 4.74 Å². The first-order chi connectivity index (χ1) is 10.2. The highest BCUT2D eigenvalue weighted by Crippen LogP contribution is 2.21. The molecule has 2 rings (SSSR count). The van der Waals surface area contributed by atoms with E-state index in [1.54, 1.807) is 31.1 Å². The molecule has 0 spiro atoms. The van der Waals surface area contributed by atoms with Crippen molar-refractivity contribution in [3.63, 3.8) is 0 Å². The number of benzene rings is 1. The second kappa shape index (κ2) is 6.79. The number of nitrogens with zero attached hydrogens (tertiary/aromatic N) is 1. The molecule has 0 bridgehead atoms. The fourth-order valence-corrected chi connectivity index (χ4v) is 2.19. The van der Waals surface area contributed by atoms with Crippen molar-refractivity contribution in [3.8, 4) is 5.75 Å². The molecular weight excluding hydrogens is 266 g/mol. The maximum Gasteiger partial charge on any atom is 0.257 e. The first-order valence-electron chi connectivity index (χ1n) is 6.73. The van der Waals surface area contributed by atoms with Gasteiger partial charge in [-0.3, -0.25) is 4.79 Å². The second-order valence-corrected chi connectivity index (χ2v) is 4.68. The normalized spacial score (nSPS) is 10.2. The Balaban J connectivity index is 2.25. The Hall–Kier alpha value is -2.49. The third-order valence-corrected chi connectivity index (χ3v) is 3.28. The average molecular weight is 285 g/mol. The number of aryl methyl sites for hydroxylation is 1. The van der Waals surface area contributed by atoms with Gasteiger partial charge < -0.3 is 14.1 Å². The Morgan fingerprint density at radius 2 is 2.14 bits per heavy atom. The van der Waals surface area contributed by atoms with E-state index < -0.39 is 0 Å². The molecule has 0 unspecified atom stereocenters. The molecule has 110 valence electrons. The molecule has 0 radical (unpaired) electrons. The zero-order valence-corrected chi connectivity index (χ0v) is 12.3. The molecule has 4 heteroatoms. The first kappa shape index (κ1) is 14.9. The summed E-state index contributed by atoms with van der Waals surface area (Å²) < 4.78 is 10.5. The number of carbonyl (C=O) groups is 1. The van der Waals surface area contributed by atoms with Crippen LogP contribution >= 0.6 is 0 Å². The quantitative estimate of drug-likeness (QED) is 0.764. The predicted octanol–water partition coefficient (Wildman–Crippen LogP) is 3.43. The molecule has 0 atom stereocenters. The van der Waals surface area contributed by atoms with E-state index in [1.807, 2.05) is 24.3 Å². The van der Waals surface area contributed by atoms with E-state index in [-0.39, 0.29) is 5.91 Å². The molecule has 21 heavy (non-hydrogen) atoms. The average Bonchev–Trinajstić information content (AvgIpc) is 2.92. The van der Waals surface area contributed by atoms with Crippen molar-refractivity contribution in [1.29, 1.82) is 0 Å². The largest absolute Gasteiger partial charge is 0.496 e. The summed E-state index contributed by atoms with van der Waals surface area (Å²) in [5, 5.41) is 0. The lowest BCUT2D eigenvalue weighted by Crippen LogP contribution is -2.31. The van der Waals surface area contributed by atoms with Crippen LogP contribution in [0.3, 0.4) is 0 Å². The van der Waals surface area contributed by atoms with Gasteiger partial charge in [-0.25, -0.2) is 0 Å². The minimum atomic E-state index is -0.0768. The van der Waals surface area contributed by atoms with E-state index in [9.17, 15) is 4.79 Å². The molecule has 0 saturated heterocycles. The molecule has 0 aliphatic heterocycles. The molecule has 1 amide bonds. The summed E-state index contributed by atoms with van der Waals surface area (Å²) in [5.41, 5.74) is 1.53. The van der Waals surface area contributed by atoms with Crippen molar-refractivity contribution in [1.82, 2.24) is 4.90 Å². The molecule has 1 aromatic carbocycles. The van der Waals surface area contributed by atoms with Crippen molar-refractivity contribution in [2.45, 2.75) is 13.5 Å². The monoisotopic (exact) mass is 285 g/mol. The Morgan fingerprint density at radius 3 is 2.76 bits per heavy atom. The zero-order chi connectivity index (χ0) is 15.2. The summed E-state index contributed by atoms with van der Waals surface area (Å²) >= 11 is 0. The van der Waals surface area contributed by atoms with Crippen molar-refractivity contribution < 1.29 is 13.9 Å². The molecule has 4 nitrogen and oxygen atoms in total. The van der Waals surface area contributed by atoms with Gasteiger partial charge in [-0.15, -0.1) is 6.58 Å². The number of rotatable bonds is 6. The van der Waals surface area contributed by atoms with Crippen molar-refractivity contribution in [2.75, 3.05) is 13.7 Å². The van der Waals surface area contributed by atoms with Crippen LogP contribution in [0.4, 0.5) is 0 Å². The third-order valence-electron chi connectivity index (χ3n) is 3.28. The molecule has 0 aliphatic rings. The van der Waals surface area contributed by atoms with Crippen LogP contribution in [0.25, 0.3) is 0 Å². The lowest BCUT2D eigenvalue weighted by molar-refractivity contribution is 0.0760. The summed E-state index contributed by atoms with van der Waals surface area (Å²) in [6, 6.07) is 9.36. The van der Waals surface area contributed by atoms with Crippen LogP contribution in [0.2, 0.25) is 0 Å². The number of carbonyl (C=O) groups excluding carboxylic acids is 1. The van der Waals surface area contributed by atoms with Gasteiger partial charge in [0.1, 0.15) is 11.5 Å². The van der Waals surface area contributed by atoms with Crippen LogP contribution in [0.15, 0.2) is 53.7 Å². The minimum Gasteiger partial charge on any atom is -0.496 e. The molecule has 0 saturated carbocycles. The Labute approximate surface area is 124 Å². The lowest BCUT2D eigenvalue weighted by atomic mass is 10.1. The maximum absolute atomic E-state index is 12.6. The summed E-state index contributed by atoms with van der Waals surface area (Å²) in [6.45, 7) is 6.42. The highest BCUT2D eigenvalue weighted by Gasteiger charge is 2.19. The van der Waals surface area contributed by atoms with Crippen LogP contribution in [-0.4, -0.2) is 24.5 Å². The van der Waals surface area contributed by atoms with Gasteiger partial charge in [-0.05, 0) is 19.1 Å². The highest BCUT2D eigenvalue weighted by atomic mass is 16.5. The van der Waals surface area contributed by atoms with Gasteiger partial charge >= 0.3 is 0 Å². The number of hydrogen-bond acceptors (Lipinski definition) is 3. The third kappa shape index (κ3) is 3.34. The smallest absolute Gasteiger partial charge is 0.257 e. The lowest BCUT2D eigenvalue weighted by Gasteiger charge is -2.22. The number of methoxy groups -OCH3 is 1. The van der Waals surface area contributed by atoms with Gasteiger partial charge in [0.05, 0.1) is 18.9 Å². The van der Waals surface area contributed by atoms with Gasteiger partial charge in [0, 0.05) is 18.7 Å². The summed E-state index contributed by atoms with van der Waals surface area (Å²) in [7, 11) is 1.62. The van der Waals surface area contributed by atoms with Crippen LogP contribution in [0.1, 0.15) is 21.7 Å². The number of hydrogen-bond donors (Lipinski definition) is 0. The van der Waals surface area contributed by atoms with E-state index in [0.717, 1.165) is 11.3 Å². The molecular formula is C17H19NO3. The van der Waals surface area contributed by atoms with Gasteiger partial charge in [-0.1, -0.05) is 24.3 Å². The number of para-hydroxylation sites is 1. The number of ether oxygens (including phenoxy) is 1. The summed E-state index contributed by atoms with van der Waals surface area (Å²) in [5.74, 6) is 1.31. The Morgan fingerprint density at radius 1 is 1.38 bits per heavy atom. The van der Waals surface area contributed by atoms with E-state index in [4.69, 9.17) is 9.15 Å². The van der Waals surface area contributed by atoms with Gasteiger partial charge in [0.2, 0.25) is 0 Å². The number of furan rings is 1. The van der Waals surface area contributed by atoms with Crippen LogP contribution in [0, 0.1) is 6.92 Å². The molecule has 0 fully saturated rings. The second-order valence-electron chi connectivity index (χ2n) is 4.68. The molecule has 2 aromatic rings. The highest BCUT2D eigenvalue weighted by molar-refractivity contribution is 5.95. The van der Waals surface area contributed by atoms with Crippen molar-refractivity contribution in [2.24, 2.45) is 0 Å². The molecule has 1 aromatic heterocycles.